The Hall–Kier alpha value is -3.86. The van der Waals surface area contributed by atoms with Gasteiger partial charge < -0.3 is 9.84 Å². The second kappa shape index (κ2) is 9.22. The van der Waals surface area contributed by atoms with E-state index in [1.807, 2.05) is 0 Å². The van der Waals surface area contributed by atoms with Gasteiger partial charge in [0.15, 0.2) is 0 Å². The highest BCUT2D eigenvalue weighted by molar-refractivity contribution is 5.84. The summed E-state index contributed by atoms with van der Waals surface area (Å²) in [5, 5.41) is 9.89. The Kier molecular flexibility index (Phi) is 6.53. The standard InChI is InChI=1S/C26H20F6N2O3/c1-15-20(37-2)13-12-19-22(15)23(35)34(21(33-19)14-16-6-4-3-5-7-16)18-10-8-17(9-11-18)24(36,25(27,28)29)26(30,31)32/h3-13,36H,14H2,1-2H3. The molecule has 37 heavy (non-hydrogen) atoms. The summed E-state index contributed by atoms with van der Waals surface area (Å²) >= 11 is 0. The monoisotopic (exact) mass is 522 g/mol. The van der Waals surface area contributed by atoms with E-state index in [1.165, 1.54) is 7.11 Å². The normalized spacial score (nSPS) is 12.7. The number of nitrogens with zero attached hydrogens (tertiary/aromatic N) is 2. The number of halogens is 6. The Labute approximate surface area is 206 Å². The molecule has 0 unspecified atom stereocenters. The summed E-state index contributed by atoms with van der Waals surface area (Å²) in [4.78, 5) is 18.3. The van der Waals surface area contributed by atoms with Gasteiger partial charge in [-0.2, -0.15) is 26.3 Å². The van der Waals surface area contributed by atoms with Crippen LogP contribution in [0, 0.1) is 6.92 Å². The summed E-state index contributed by atoms with van der Waals surface area (Å²) in [5.41, 5.74) is -5.52. The lowest BCUT2D eigenvalue weighted by Gasteiger charge is -2.32. The van der Waals surface area contributed by atoms with Crippen LogP contribution in [0.4, 0.5) is 26.3 Å². The zero-order valence-corrected chi connectivity index (χ0v) is 19.5. The fourth-order valence-electron chi connectivity index (χ4n) is 4.18. The van der Waals surface area contributed by atoms with Crippen LogP contribution in [-0.2, 0) is 12.0 Å². The van der Waals surface area contributed by atoms with Crippen molar-refractivity contribution in [3.63, 3.8) is 0 Å². The molecule has 1 N–H and O–H groups in total. The largest absolute Gasteiger partial charge is 0.496 e. The minimum Gasteiger partial charge on any atom is -0.496 e. The number of rotatable bonds is 5. The lowest BCUT2D eigenvalue weighted by Crippen LogP contribution is -2.53. The van der Waals surface area contributed by atoms with Gasteiger partial charge in [-0.15, -0.1) is 0 Å². The Morgan fingerprint density at radius 2 is 1.49 bits per heavy atom. The van der Waals surface area contributed by atoms with Crippen LogP contribution in [0.3, 0.4) is 0 Å². The maximum atomic E-state index is 13.7. The number of fused-ring (bicyclic) bond motifs is 1. The van der Waals surface area contributed by atoms with Crippen LogP contribution >= 0.6 is 0 Å². The number of aromatic nitrogens is 2. The van der Waals surface area contributed by atoms with Gasteiger partial charge in [0.05, 0.1) is 23.7 Å². The Balaban J connectivity index is 1.95. The number of hydrogen-bond acceptors (Lipinski definition) is 4. The van der Waals surface area contributed by atoms with Crippen molar-refractivity contribution in [3.05, 3.63) is 99.6 Å². The van der Waals surface area contributed by atoms with Gasteiger partial charge in [-0.25, -0.2) is 4.98 Å². The van der Waals surface area contributed by atoms with Crippen molar-refractivity contribution < 1.29 is 36.2 Å². The lowest BCUT2D eigenvalue weighted by molar-refractivity contribution is -0.376. The van der Waals surface area contributed by atoms with E-state index in [2.05, 4.69) is 4.98 Å². The third-order valence-corrected chi connectivity index (χ3v) is 6.11. The fraction of sp³-hybridized carbons (Fsp3) is 0.231. The Morgan fingerprint density at radius 1 is 0.892 bits per heavy atom. The molecule has 0 bridgehead atoms. The van der Waals surface area contributed by atoms with Crippen LogP contribution in [0.5, 0.6) is 5.75 Å². The molecule has 0 saturated carbocycles. The summed E-state index contributed by atoms with van der Waals surface area (Å²) in [6, 6.07) is 15.0. The molecule has 0 atom stereocenters. The highest BCUT2D eigenvalue weighted by Gasteiger charge is 2.71. The number of hydrogen-bond donors (Lipinski definition) is 1. The summed E-state index contributed by atoms with van der Waals surface area (Å²) in [6.45, 7) is 1.64. The molecule has 0 saturated heterocycles. The zero-order chi connectivity index (χ0) is 27.2. The third kappa shape index (κ3) is 4.43. The molecule has 0 fully saturated rings. The Bertz CT molecular complexity index is 1480. The summed E-state index contributed by atoms with van der Waals surface area (Å²) in [5.74, 6) is 0.618. The van der Waals surface area contributed by atoms with Crippen molar-refractivity contribution in [2.75, 3.05) is 7.11 Å². The van der Waals surface area contributed by atoms with Gasteiger partial charge in [-0.1, -0.05) is 42.5 Å². The van der Waals surface area contributed by atoms with E-state index in [-0.39, 0.29) is 23.3 Å². The van der Waals surface area contributed by atoms with Crippen molar-refractivity contribution in [2.45, 2.75) is 31.3 Å². The molecule has 4 rings (SSSR count). The molecule has 0 aliphatic carbocycles. The van der Waals surface area contributed by atoms with Crippen LogP contribution in [0.1, 0.15) is 22.5 Å². The van der Waals surface area contributed by atoms with Crippen molar-refractivity contribution in [3.8, 4) is 11.4 Å². The first-order chi connectivity index (χ1) is 17.3. The van der Waals surface area contributed by atoms with Crippen molar-refractivity contribution in [1.29, 1.82) is 0 Å². The van der Waals surface area contributed by atoms with E-state index < -0.39 is 29.1 Å². The molecular formula is C26H20F6N2O3. The first-order valence-corrected chi connectivity index (χ1v) is 10.9. The molecule has 0 spiro atoms. The molecule has 1 heterocycles. The van der Waals surface area contributed by atoms with Crippen LogP contribution in [0.15, 0.2) is 71.5 Å². The first kappa shape index (κ1) is 26.2. The summed E-state index contributed by atoms with van der Waals surface area (Å²) in [7, 11) is 1.42. The zero-order valence-electron chi connectivity index (χ0n) is 19.5. The smallest absolute Gasteiger partial charge is 0.430 e. The summed E-state index contributed by atoms with van der Waals surface area (Å²) in [6.07, 6.45) is -11.9. The molecule has 194 valence electrons. The van der Waals surface area contributed by atoms with Gasteiger partial charge in [0.1, 0.15) is 11.6 Å². The number of aliphatic hydroxyl groups is 1. The SMILES string of the molecule is COc1ccc2nc(Cc3ccccc3)n(-c3ccc(C(O)(C(F)(F)F)C(F)(F)F)cc3)c(=O)c2c1C. The van der Waals surface area contributed by atoms with E-state index in [9.17, 15) is 36.2 Å². The number of aryl methyl sites for hydroxylation is 1. The second-order valence-electron chi connectivity index (χ2n) is 8.37. The maximum absolute atomic E-state index is 13.7. The highest BCUT2D eigenvalue weighted by Crippen LogP contribution is 2.50. The molecule has 3 aromatic carbocycles. The lowest BCUT2D eigenvalue weighted by atomic mass is 9.92. The molecule has 0 aliphatic heterocycles. The minimum absolute atomic E-state index is 0.0250. The molecule has 11 heteroatoms. The van der Waals surface area contributed by atoms with Crippen molar-refractivity contribution in [1.82, 2.24) is 9.55 Å². The molecule has 0 aliphatic rings. The number of methoxy groups -OCH3 is 1. The van der Waals surface area contributed by atoms with Gasteiger partial charge in [0, 0.05) is 17.5 Å². The predicted octanol–water partition coefficient (Wildman–Crippen LogP) is 5.61. The molecule has 1 aromatic heterocycles. The number of benzene rings is 3. The van der Waals surface area contributed by atoms with Crippen LogP contribution in [0.25, 0.3) is 16.6 Å². The fourth-order valence-corrected chi connectivity index (χ4v) is 4.18. The van der Waals surface area contributed by atoms with Gasteiger partial charge in [0.2, 0.25) is 0 Å². The number of ether oxygens (including phenoxy) is 1. The minimum atomic E-state index is -6.03. The van der Waals surface area contributed by atoms with Crippen LogP contribution in [-0.4, -0.2) is 34.1 Å². The third-order valence-electron chi connectivity index (χ3n) is 6.11. The number of alkyl halides is 6. The summed E-state index contributed by atoms with van der Waals surface area (Å²) < 4.78 is 86.4. The predicted molar refractivity (Wildman–Crippen MR) is 124 cm³/mol. The molecule has 4 aromatic rings. The van der Waals surface area contributed by atoms with Gasteiger partial charge in [-0.3, -0.25) is 9.36 Å². The van der Waals surface area contributed by atoms with Gasteiger partial charge >= 0.3 is 12.4 Å². The van der Waals surface area contributed by atoms with Crippen molar-refractivity contribution in [2.24, 2.45) is 0 Å². The topological polar surface area (TPSA) is 64.3 Å². The maximum Gasteiger partial charge on any atom is 0.430 e. The van der Waals surface area contributed by atoms with E-state index >= 15 is 0 Å². The van der Waals surface area contributed by atoms with Gasteiger partial charge in [0.25, 0.3) is 11.2 Å². The molecule has 0 radical (unpaired) electrons. The second-order valence-corrected chi connectivity index (χ2v) is 8.37. The highest BCUT2D eigenvalue weighted by atomic mass is 19.4. The first-order valence-electron chi connectivity index (χ1n) is 10.9. The van der Waals surface area contributed by atoms with Crippen LogP contribution < -0.4 is 10.3 Å². The average molecular weight is 522 g/mol. The van der Waals surface area contributed by atoms with Crippen molar-refractivity contribution >= 4 is 10.9 Å². The van der Waals surface area contributed by atoms with E-state index in [1.54, 1.807) is 49.4 Å². The molecule has 5 nitrogen and oxygen atoms in total. The van der Waals surface area contributed by atoms with Gasteiger partial charge in [-0.05, 0) is 36.8 Å². The van der Waals surface area contributed by atoms with Crippen LogP contribution in [0.2, 0.25) is 0 Å². The quantitative estimate of drug-likeness (QED) is 0.347. The van der Waals surface area contributed by atoms with E-state index in [4.69, 9.17) is 4.74 Å². The molecular weight excluding hydrogens is 502 g/mol. The Morgan fingerprint density at radius 3 is 2.03 bits per heavy atom. The molecule has 0 amide bonds. The van der Waals surface area contributed by atoms with E-state index in [0.717, 1.165) is 22.3 Å². The van der Waals surface area contributed by atoms with E-state index in [0.29, 0.717) is 29.0 Å². The average Bonchev–Trinajstić information content (AvgIpc) is 2.83.